The van der Waals surface area contributed by atoms with E-state index in [0.29, 0.717) is 17.2 Å². The number of aryl methyl sites for hydroxylation is 2. The number of carbonyl (C=O) groups excluding carboxylic acids is 1. The van der Waals surface area contributed by atoms with Gasteiger partial charge in [-0.3, -0.25) is 4.79 Å². The van der Waals surface area contributed by atoms with Crippen LogP contribution in [-0.4, -0.2) is 41.9 Å². The Labute approximate surface area is 198 Å². The number of fused-ring (bicyclic) bond motifs is 1. The van der Waals surface area contributed by atoms with E-state index in [4.69, 9.17) is 16.1 Å². The van der Waals surface area contributed by atoms with Gasteiger partial charge in [0.2, 0.25) is 0 Å². The molecule has 3 aromatic rings. The first-order valence-corrected chi connectivity index (χ1v) is 13.4. The fraction of sp³-hybridized carbons (Fsp3) is 0.360. The minimum Gasteiger partial charge on any atom is -0.355 e. The summed E-state index contributed by atoms with van der Waals surface area (Å²) in [6.45, 7) is 0.275. The third kappa shape index (κ3) is 4.84. The minimum atomic E-state index is -3.16. The van der Waals surface area contributed by atoms with Crippen molar-refractivity contribution in [3.8, 4) is 11.3 Å². The van der Waals surface area contributed by atoms with Gasteiger partial charge in [0.15, 0.2) is 21.3 Å². The number of benzene rings is 2. The zero-order valence-corrected chi connectivity index (χ0v) is 19.7. The molecule has 0 spiro atoms. The molecule has 1 atom stereocenters. The van der Waals surface area contributed by atoms with Crippen LogP contribution in [0.1, 0.15) is 46.4 Å². The van der Waals surface area contributed by atoms with Crippen molar-refractivity contribution < 1.29 is 17.7 Å². The van der Waals surface area contributed by atoms with E-state index in [-0.39, 0.29) is 29.7 Å². The molecule has 33 heavy (non-hydrogen) atoms. The van der Waals surface area contributed by atoms with Crippen molar-refractivity contribution >= 4 is 27.3 Å². The molecular weight excluding hydrogens is 460 g/mol. The van der Waals surface area contributed by atoms with Crippen LogP contribution < -0.4 is 0 Å². The van der Waals surface area contributed by atoms with Crippen LogP contribution in [0.25, 0.3) is 11.3 Å². The minimum absolute atomic E-state index is 0.0398. The standard InChI is InChI=1S/C25H25ClN2O4S/c26-21-9-5-17(6-10-21)15-28(22-11-12-33(30,31)16-22)25(29)23-14-24(32-27-23)20-8-7-18-3-1-2-4-19(18)13-20/h5-10,13-14,22H,1-4,11-12,15-16H2/t22-/m0/s1. The van der Waals surface area contributed by atoms with E-state index < -0.39 is 15.9 Å². The number of hydrogen-bond donors (Lipinski definition) is 0. The molecule has 6 nitrogen and oxygen atoms in total. The summed E-state index contributed by atoms with van der Waals surface area (Å²) in [5.41, 5.74) is 4.65. The van der Waals surface area contributed by atoms with Crippen molar-refractivity contribution in [2.24, 2.45) is 0 Å². The topological polar surface area (TPSA) is 80.5 Å². The van der Waals surface area contributed by atoms with Gasteiger partial charge in [0.05, 0.1) is 11.5 Å². The van der Waals surface area contributed by atoms with E-state index >= 15 is 0 Å². The third-order valence-electron chi connectivity index (χ3n) is 6.54. The second kappa shape index (κ2) is 8.95. The Morgan fingerprint density at radius 3 is 2.55 bits per heavy atom. The molecule has 1 saturated heterocycles. The molecule has 0 saturated carbocycles. The van der Waals surface area contributed by atoms with Crippen molar-refractivity contribution in [2.75, 3.05) is 11.5 Å². The van der Waals surface area contributed by atoms with Crippen molar-refractivity contribution in [1.29, 1.82) is 0 Å². The Morgan fingerprint density at radius 1 is 1.06 bits per heavy atom. The van der Waals surface area contributed by atoms with Crippen LogP contribution >= 0.6 is 11.6 Å². The second-order valence-electron chi connectivity index (χ2n) is 8.88. The first-order chi connectivity index (χ1) is 15.9. The van der Waals surface area contributed by atoms with Gasteiger partial charge < -0.3 is 9.42 Å². The fourth-order valence-corrected chi connectivity index (χ4v) is 6.58. The molecule has 0 unspecified atom stereocenters. The molecule has 1 amide bonds. The lowest BCUT2D eigenvalue weighted by Crippen LogP contribution is -2.40. The monoisotopic (exact) mass is 484 g/mol. The lowest BCUT2D eigenvalue weighted by atomic mass is 9.90. The zero-order valence-electron chi connectivity index (χ0n) is 18.2. The SMILES string of the molecule is O=C(c1cc(-c2ccc3c(c2)CCCC3)on1)N(Cc1ccc(Cl)cc1)[C@H]1CCS(=O)(=O)C1. The Morgan fingerprint density at radius 2 is 1.82 bits per heavy atom. The van der Waals surface area contributed by atoms with Gasteiger partial charge in [-0.2, -0.15) is 0 Å². The maximum Gasteiger partial charge on any atom is 0.276 e. The Balaban J connectivity index is 1.42. The second-order valence-corrected chi connectivity index (χ2v) is 11.5. The average molecular weight is 485 g/mol. The summed E-state index contributed by atoms with van der Waals surface area (Å²) >= 11 is 5.99. The van der Waals surface area contributed by atoms with Crippen molar-refractivity contribution in [2.45, 2.75) is 44.7 Å². The summed E-state index contributed by atoms with van der Waals surface area (Å²) in [7, 11) is -3.16. The average Bonchev–Trinajstić information content (AvgIpc) is 3.44. The van der Waals surface area contributed by atoms with Crippen LogP contribution in [0.4, 0.5) is 0 Å². The molecule has 2 heterocycles. The number of aromatic nitrogens is 1. The van der Waals surface area contributed by atoms with Gasteiger partial charge in [-0.1, -0.05) is 41.0 Å². The summed E-state index contributed by atoms with van der Waals surface area (Å²) in [6.07, 6.45) is 4.96. The smallest absolute Gasteiger partial charge is 0.276 e. The Kier molecular flexibility index (Phi) is 6.01. The predicted octanol–water partition coefficient (Wildman–Crippen LogP) is 4.70. The van der Waals surface area contributed by atoms with E-state index in [9.17, 15) is 13.2 Å². The van der Waals surface area contributed by atoms with Crippen LogP contribution in [0.15, 0.2) is 53.1 Å². The highest BCUT2D eigenvalue weighted by atomic mass is 35.5. The number of rotatable bonds is 5. The van der Waals surface area contributed by atoms with Crippen LogP contribution in [0.5, 0.6) is 0 Å². The molecule has 0 bridgehead atoms. The van der Waals surface area contributed by atoms with Gasteiger partial charge in [0, 0.05) is 29.2 Å². The van der Waals surface area contributed by atoms with E-state index in [1.54, 1.807) is 23.1 Å². The highest BCUT2D eigenvalue weighted by molar-refractivity contribution is 7.91. The highest BCUT2D eigenvalue weighted by Crippen LogP contribution is 2.29. The van der Waals surface area contributed by atoms with E-state index in [1.165, 1.54) is 24.0 Å². The van der Waals surface area contributed by atoms with Crippen LogP contribution in [0.3, 0.4) is 0 Å². The molecule has 0 radical (unpaired) electrons. The van der Waals surface area contributed by atoms with Gasteiger partial charge in [-0.05, 0) is 67.0 Å². The zero-order chi connectivity index (χ0) is 23.0. The number of hydrogen-bond acceptors (Lipinski definition) is 5. The molecule has 8 heteroatoms. The number of sulfone groups is 1. The summed E-state index contributed by atoms with van der Waals surface area (Å²) in [4.78, 5) is 15.1. The summed E-state index contributed by atoms with van der Waals surface area (Å²) in [6, 6.07) is 14.7. The molecule has 2 aromatic carbocycles. The molecule has 172 valence electrons. The molecule has 2 aliphatic rings. The molecule has 0 N–H and O–H groups in total. The van der Waals surface area contributed by atoms with Gasteiger partial charge in [-0.25, -0.2) is 8.42 Å². The maximum absolute atomic E-state index is 13.5. The quantitative estimate of drug-likeness (QED) is 0.524. The molecule has 5 rings (SSSR count). The van der Waals surface area contributed by atoms with E-state index in [2.05, 4.69) is 17.3 Å². The first-order valence-electron chi connectivity index (χ1n) is 11.2. The normalized spacial score (nSPS) is 19.2. The van der Waals surface area contributed by atoms with Crippen LogP contribution in [0.2, 0.25) is 5.02 Å². The van der Waals surface area contributed by atoms with Crippen LogP contribution in [-0.2, 0) is 29.2 Å². The number of nitrogens with zero attached hydrogens (tertiary/aromatic N) is 2. The summed E-state index contributed by atoms with van der Waals surface area (Å²) in [5.74, 6) is 0.251. The molecular formula is C25H25ClN2O4S. The Hall–Kier alpha value is -2.64. The lowest BCUT2D eigenvalue weighted by molar-refractivity contribution is 0.0670. The predicted molar refractivity (Wildman–Crippen MR) is 127 cm³/mol. The molecule has 1 aliphatic carbocycles. The van der Waals surface area contributed by atoms with Gasteiger partial charge in [-0.15, -0.1) is 0 Å². The number of carbonyl (C=O) groups is 1. The molecule has 1 aromatic heterocycles. The largest absolute Gasteiger partial charge is 0.355 e. The third-order valence-corrected chi connectivity index (χ3v) is 8.54. The summed E-state index contributed by atoms with van der Waals surface area (Å²) in [5, 5.41) is 4.66. The first kappa shape index (κ1) is 22.2. The highest BCUT2D eigenvalue weighted by Gasteiger charge is 2.36. The van der Waals surface area contributed by atoms with Gasteiger partial charge >= 0.3 is 0 Å². The van der Waals surface area contributed by atoms with E-state index in [1.807, 2.05) is 18.2 Å². The number of halogens is 1. The molecule has 1 fully saturated rings. The van der Waals surface area contributed by atoms with E-state index in [0.717, 1.165) is 24.0 Å². The van der Waals surface area contributed by atoms with Gasteiger partial charge in [0.25, 0.3) is 5.91 Å². The maximum atomic E-state index is 13.5. The van der Waals surface area contributed by atoms with Gasteiger partial charge in [0.1, 0.15) is 0 Å². The Bertz CT molecular complexity index is 1280. The lowest BCUT2D eigenvalue weighted by Gasteiger charge is -2.27. The number of amides is 1. The van der Waals surface area contributed by atoms with Crippen LogP contribution in [0, 0.1) is 0 Å². The molecule has 1 aliphatic heterocycles. The van der Waals surface area contributed by atoms with Crippen molar-refractivity contribution in [1.82, 2.24) is 10.1 Å². The summed E-state index contributed by atoms with van der Waals surface area (Å²) < 4.78 is 29.8. The van der Waals surface area contributed by atoms with Crippen molar-refractivity contribution in [3.05, 3.63) is 75.9 Å². The van der Waals surface area contributed by atoms with Crippen molar-refractivity contribution in [3.63, 3.8) is 0 Å². The fourth-order valence-electron chi connectivity index (χ4n) is 4.72.